The van der Waals surface area contributed by atoms with Gasteiger partial charge in [-0.05, 0) is 25.3 Å². The highest BCUT2D eigenvalue weighted by molar-refractivity contribution is 5.76. The Hall–Kier alpha value is -1.14. The number of hydrogen-bond donors (Lipinski definition) is 1. The van der Waals surface area contributed by atoms with Crippen LogP contribution < -0.4 is 5.73 Å². The highest BCUT2D eigenvalue weighted by atomic mass is 16.5. The number of carbonyl (C=O) groups excluding carboxylic acids is 2. The third kappa shape index (κ3) is 5.88. The lowest BCUT2D eigenvalue weighted by atomic mass is 10.0. The lowest BCUT2D eigenvalue weighted by Gasteiger charge is -2.34. The third-order valence-corrected chi connectivity index (χ3v) is 3.82. The van der Waals surface area contributed by atoms with Gasteiger partial charge in [-0.1, -0.05) is 6.92 Å². The average molecular weight is 285 g/mol. The second-order valence-electron chi connectivity index (χ2n) is 5.45. The van der Waals surface area contributed by atoms with Crippen LogP contribution in [0.25, 0.3) is 0 Å². The Morgan fingerprint density at radius 2 is 1.85 bits per heavy atom. The maximum absolute atomic E-state index is 12.1. The molecule has 6 heteroatoms. The summed E-state index contributed by atoms with van der Waals surface area (Å²) in [6, 6.07) is 0. The molecule has 1 atom stereocenters. The highest BCUT2D eigenvalue weighted by Gasteiger charge is 2.22. The summed E-state index contributed by atoms with van der Waals surface area (Å²) in [7, 11) is 1.39. The maximum Gasteiger partial charge on any atom is 0.319 e. The van der Waals surface area contributed by atoms with Gasteiger partial charge in [0.2, 0.25) is 5.91 Å². The normalized spacial score (nSPS) is 17.9. The molecule has 20 heavy (non-hydrogen) atoms. The van der Waals surface area contributed by atoms with E-state index in [1.807, 2.05) is 9.80 Å². The van der Waals surface area contributed by atoms with Crippen LogP contribution in [0.5, 0.6) is 0 Å². The summed E-state index contributed by atoms with van der Waals surface area (Å²) in [4.78, 5) is 27.2. The molecule has 0 bridgehead atoms. The Morgan fingerprint density at radius 3 is 2.40 bits per heavy atom. The van der Waals surface area contributed by atoms with Crippen molar-refractivity contribution >= 4 is 11.9 Å². The molecule has 0 radical (unpaired) electrons. The van der Waals surface area contributed by atoms with Gasteiger partial charge < -0.3 is 15.4 Å². The minimum atomic E-state index is -0.222. The minimum Gasteiger partial charge on any atom is -0.468 e. The molecule has 0 aromatic carbocycles. The van der Waals surface area contributed by atoms with Crippen molar-refractivity contribution in [1.82, 2.24) is 9.80 Å². The van der Waals surface area contributed by atoms with Crippen molar-refractivity contribution in [2.75, 3.05) is 46.4 Å². The molecule has 116 valence electrons. The molecule has 0 aromatic rings. The van der Waals surface area contributed by atoms with Crippen molar-refractivity contribution in [2.45, 2.75) is 26.2 Å². The molecule has 1 rings (SSSR count). The van der Waals surface area contributed by atoms with Crippen molar-refractivity contribution in [3.8, 4) is 0 Å². The number of hydrogen-bond acceptors (Lipinski definition) is 5. The predicted molar refractivity (Wildman–Crippen MR) is 77.1 cm³/mol. The van der Waals surface area contributed by atoms with Crippen molar-refractivity contribution in [2.24, 2.45) is 11.7 Å². The highest BCUT2D eigenvalue weighted by Crippen LogP contribution is 2.12. The molecule has 1 unspecified atom stereocenters. The van der Waals surface area contributed by atoms with Crippen LogP contribution in [0.2, 0.25) is 0 Å². The number of nitrogens with two attached hydrogens (primary N) is 1. The second kappa shape index (κ2) is 8.92. The molecule has 2 N–H and O–H groups in total. The fourth-order valence-electron chi connectivity index (χ4n) is 2.36. The summed E-state index contributed by atoms with van der Waals surface area (Å²) in [6.45, 7) is 5.99. The van der Waals surface area contributed by atoms with Crippen LogP contribution in [0.15, 0.2) is 0 Å². The summed E-state index contributed by atoms with van der Waals surface area (Å²) in [5, 5.41) is 0. The van der Waals surface area contributed by atoms with E-state index in [2.05, 4.69) is 11.7 Å². The van der Waals surface area contributed by atoms with Crippen molar-refractivity contribution in [3.05, 3.63) is 0 Å². The number of amides is 1. The quantitative estimate of drug-likeness (QED) is 0.670. The van der Waals surface area contributed by atoms with Crippen molar-refractivity contribution in [3.63, 3.8) is 0 Å². The van der Waals surface area contributed by atoms with E-state index in [1.54, 1.807) is 0 Å². The Balaban J connectivity index is 2.23. The monoisotopic (exact) mass is 285 g/mol. The van der Waals surface area contributed by atoms with Crippen LogP contribution >= 0.6 is 0 Å². The van der Waals surface area contributed by atoms with Crippen molar-refractivity contribution < 1.29 is 14.3 Å². The van der Waals surface area contributed by atoms with Crippen molar-refractivity contribution in [1.29, 1.82) is 0 Å². The van der Waals surface area contributed by atoms with Crippen LogP contribution in [0.3, 0.4) is 0 Å². The van der Waals surface area contributed by atoms with E-state index in [9.17, 15) is 9.59 Å². The van der Waals surface area contributed by atoms with Gasteiger partial charge in [-0.25, -0.2) is 0 Å². The first-order valence-electron chi connectivity index (χ1n) is 7.33. The SMILES string of the molecule is COC(=O)CN1CCN(C(=O)CCC(C)CCN)CC1. The van der Waals surface area contributed by atoms with Gasteiger partial charge in [0.25, 0.3) is 0 Å². The Kier molecular flexibility index (Phi) is 7.54. The maximum atomic E-state index is 12.1. The molecule has 0 aliphatic carbocycles. The summed E-state index contributed by atoms with van der Waals surface area (Å²) in [5.74, 6) is 0.497. The van der Waals surface area contributed by atoms with Crippen LogP contribution in [0.4, 0.5) is 0 Å². The number of methoxy groups -OCH3 is 1. The molecular formula is C14H27N3O3. The Morgan fingerprint density at radius 1 is 1.20 bits per heavy atom. The summed E-state index contributed by atoms with van der Waals surface area (Å²) < 4.78 is 4.64. The van der Waals surface area contributed by atoms with Gasteiger partial charge in [-0.3, -0.25) is 14.5 Å². The molecule has 1 saturated heterocycles. The zero-order valence-electron chi connectivity index (χ0n) is 12.6. The predicted octanol–water partition coefficient (Wildman–Crippen LogP) is 0.0687. The molecule has 1 amide bonds. The van der Waals surface area contributed by atoms with Crippen LogP contribution in [0, 0.1) is 5.92 Å². The number of nitrogens with zero attached hydrogens (tertiary/aromatic N) is 2. The van der Waals surface area contributed by atoms with E-state index in [-0.39, 0.29) is 11.9 Å². The molecular weight excluding hydrogens is 258 g/mol. The molecule has 1 heterocycles. The van der Waals surface area contributed by atoms with Gasteiger partial charge in [0.15, 0.2) is 0 Å². The fraction of sp³-hybridized carbons (Fsp3) is 0.857. The topological polar surface area (TPSA) is 75.9 Å². The summed E-state index contributed by atoms with van der Waals surface area (Å²) in [5.41, 5.74) is 5.51. The van der Waals surface area contributed by atoms with Gasteiger partial charge in [-0.15, -0.1) is 0 Å². The molecule has 1 aliphatic heterocycles. The van der Waals surface area contributed by atoms with Gasteiger partial charge in [0.05, 0.1) is 13.7 Å². The Labute approximate surface area is 121 Å². The number of ether oxygens (including phenoxy) is 1. The molecule has 0 aromatic heterocycles. The smallest absolute Gasteiger partial charge is 0.319 e. The number of esters is 1. The lowest BCUT2D eigenvalue weighted by molar-refractivity contribution is -0.142. The first-order chi connectivity index (χ1) is 9.56. The number of piperazine rings is 1. The van der Waals surface area contributed by atoms with E-state index in [1.165, 1.54) is 7.11 Å². The van der Waals surface area contributed by atoms with Crippen LogP contribution in [-0.2, 0) is 14.3 Å². The zero-order valence-corrected chi connectivity index (χ0v) is 12.6. The lowest BCUT2D eigenvalue weighted by Crippen LogP contribution is -2.50. The van der Waals surface area contributed by atoms with Gasteiger partial charge >= 0.3 is 5.97 Å². The third-order valence-electron chi connectivity index (χ3n) is 3.82. The number of carbonyl (C=O) groups is 2. The van der Waals surface area contributed by atoms with Crippen LogP contribution in [0.1, 0.15) is 26.2 Å². The molecule has 0 spiro atoms. The summed E-state index contributed by atoms with van der Waals surface area (Å²) >= 11 is 0. The molecule has 1 fully saturated rings. The standard InChI is InChI=1S/C14H27N3O3/c1-12(5-6-15)3-4-13(18)17-9-7-16(8-10-17)11-14(19)20-2/h12H,3-11,15H2,1-2H3. The van der Waals surface area contributed by atoms with E-state index < -0.39 is 0 Å². The van der Waals surface area contributed by atoms with Gasteiger partial charge in [0, 0.05) is 32.6 Å². The molecule has 1 aliphatic rings. The molecule has 0 saturated carbocycles. The minimum absolute atomic E-state index is 0.214. The van der Waals surface area contributed by atoms with E-state index in [0.717, 1.165) is 25.9 Å². The van der Waals surface area contributed by atoms with E-state index in [4.69, 9.17) is 5.73 Å². The summed E-state index contributed by atoms with van der Waals surface area (Å²) in [6.07, 6.45) is 2.47. The molecule has 6 nitrogen and oxygen atoms in total. The van der Waals surface area contributed by atoms with E-state index >= 15 is 0 Å². The Bertz CT molecular complexity index is 315. The van der Waals surface area contributed by atoms with E-state index in [0.29, 0.717) is 38.5 Å². The second-order valence-corrected chi connectivity index (χ2v) is 5.45. The first kappa shape index (κ1) is 16.9. The fourth-order valence-corrected chi connectivity index (χ4v) is 2.36. The first-order valence-corrected chi connectivity index (χ1v) is 7.33. The largest absolute Gasteiger partial charge is 0.468 e. The number of rotatable bonds is 7. The van der Waals surface area contributed by atoms with Crippen LogP contribution in [-0.4, -0.2) is 68.1 Å². The zero-order chi connectivity index (χ0) is 15.0. The van der Waals surface area contributed by atoms with Gasteiger partial charge in [0.1, 0.15) is 0 Å². The average Bonchev–Trinajstić information content (AvgIpc) is 2.45. The van der Waals surface area contributed by atoms with Gasteiger partial charge in [-0.2, -0.15) is 0 Å².